The summed E-state index contributed by atoms with van der Waals surface area (Å²) in [5.41, 5.74) is 2.15. The molecule has 0 unspecified atom stereocenters. The lowest BCUT2D eigenvalue weighted by atomic mass is 10.1. The Balaban J connectivity index is 1.59. The zero-order valence-electron chi connectivity index (χ0n) is 17.9. The Morgan fingerprint density at radius 2 is 1.88 bits per heavy atom. The molecule has 0 atom stereocenters. The number of thioether (sulfide) groups is 1. The van der Waals surface area contributed by atoms with E-state index in [0.29, 0.717) is 28.4 Å². The van der Waals surface area contributed by atoms with Crippen molar-refractivity contribution >= 4 is 28.9 Å². The molecule has 0 aliphatic carbocycles. The molecule has 32 heavy (non-hydrogen) atoms. The summed E-state index contributed by atoms with van der Waals surface area (Å²) in [7, 11) is 3.13. The van der Waals surface area contributed by atoms with E-state index < -0.39 is 0 Å². The number of nitrogens with one attached hydrogen (secondary N) is 1. The Morgan fingerprint density at radius 3 is 2.62 bits per heavy atom. The van der Waals surface area contributed by atoms with Gasteiger partial charge in [-0.1, -0.05) is 6.07 Å². The number of amides is 1. The van der Waals surface area contributed by atoms with Gasteiger partial charge in [-0.05, 0) is 48.7 Å². The summed E-state index contributed by atoms with van der Waals surface area (Å²) in [6, 6.07) is 14.7. The summed E-state index contributed by atoms with van der Waals surface area (Å²) in [5, 5.41) is 7.32. The molecule has 0 spiro atoms. The number of carbonyl (C=O) groups is 1. The molecule has 4 aromatic rings. The van der Waals surface area contributed by atoms with Crippen molar-refractivity contribution in [3.8, 4) is 22.8 Å². The fourth-order valence-corrected chi connectivity index (χ4v) is 3.80. The Bertz CT molecular complexity index is 1350. The number of fused-ring (bicyclic) bond motifs is 1. The van der Waals surface area contributed by atoms with Gasteiger partial charge in [0.25, 0.3) is 5.56 Å². The Labute approximate surface area is 188 Å². The van der Waals surface area contributed by atoms with Gasteiger partial charge in [0.1, 0.15) is 12.1 Å². The second kappa shape index (κ2) is 9.19. The van der Waals surface area contributed by atoms with Crippen molar-refractivity contribution in [2.75, 3.05) is 25.8 Å². The maximum atomic E-state index is 13.0. The third kappa shape index (κ3) is 4.33. The topological polar surface area (TPSA) is 86.9 Å². The molecule has 2 heterocycles. The van der Waals surface area contributed by atoms with E-state index in [2.05, 4.69) is 10.4 Å². The number of anilines is 1. The van der Waals surface area contributed by atoms with Crippen LogP contribution in [0.3, 0.4) is 0 Å². The predicted molar refractivity (Wildman–Crippen MR) is 125 cm³/mol. The SMILES string of the molecule is COc1ccc(-c2cc3c(=O)n(CC(=O)Nc4cccc(SC)c4)ccn3n2)cc1OC. The number of ether oxygens (including phenoxy) is 2. The van der Waals surface area contributed by atoms with Crippen molar-refractivity contribution in [1.29, 1.82) is 0 Å². The van der Waals surface area contributed by atoms with Crippen LogP contribution in [-0.4, -0.2) is 40.6 Å². The number of carbonyl (C=O) groups excluding carboxylic acids is 1. The van der Waals surface area contributed by atoms with Crippen LogP contribution in [0.25, 0.3) is 16.8 Å². The Kier molecular flexibility index (Phi) is 6.18. The smallest absolute Gasteiger partial charge is 0.277 e. The van der Waals surface area contributed by atoms with Gasteiger partial charge >= 0.3 is 0 Å². The normalized spacial score (nSPS) is 10.8. The van der Waals surface area contributed by atoms with Crippen molar-refractivity contribution in [2.45, 2.75) is 11.4 Å². The summed E-state index contributed by atoms with van der Waals surface area (Å²) in [4.78, 5) is 26.5. The zero-order valence-corrected chi connectivity index (χ0v) is 18.7. The molecule has 1 N–H and O–H groups in total. The van der Waals surface area contributed by atoms with Crippen molar-refractivity contribution in [3.05, 3.63) is 71.3 Å². The van der Waals surface area contributed by atoms with Gasteiger partial charge in [-0.3, -0.25) is 9.59 Å². The molecule has 8 nitrogen and oxygen atoms in total. The Hall–Kier alpha value is -3.72. The number of benzene rings is 2. The van der Waals surface area contributed by atoms with Crippen molar-refractivity contribution in [3.63, 3.8) is 0 Å². The van der Waals surface area contributed by atoms with Gasteiger partial charge < -0.3 is 19.4 Å². The van der Waals surface area contributed by atoms with Gasteiger partial charge in [0.2, 0.25) is 5.91 Å². The van der Waals surface area contributed by atoms with Crippen molar-refractivity contribution < 1.29 is 14.3 Å². The summed E-state index contributed by atoms with van der Waals surface area (Å²) in [6.07, 6.45) is 5.18. The maximum absolute atomic E-state index is 13.0. The third-order valence-electron chi connectivity index (χ3n) is 4.95. The quantitative estimate of drug-likeness (QED) is 0.434. The average Bonchev–Trinajstić information content (AvgIpc) is 3.25. The van der Waals surface area contributed by atoms with Gasteiger partial charge in [0, 0.05) is 28.5 Å². The highest BCUT2D eigenvalue weighted by molar-refractivity contribution is 7.98. The van der Waals surface area contributed by atoms with Gasteiger partial charge in [0.15, 0.2) is 11.5 Å². The molecule has 2 aromatic carbocycles. The van der Waals surface area contributed by atoms with Crippen LogP contribution >= 0.6 is 11.8 Å². The molecule has 0 aliphatic rings. The first-order chi connectivity index (χ1) is 15.5. The summed E-state index contributed by atoms with van der Waals surface area (Å²) >= 11 is 1.59. The molecule has 0 saturated carbocycles. The second-order valence-electron chi connectivity index (χ2n) is 6.94. The van der Waals surface area contributed by atoms with Crippen LogP contribution in [0, 0.1) is 0 Å². The molecule has 0 fully saturated rings. The Morgan fingerprint density at radius 1 is 1.06 bits per heavy atom. The fourth-order valence-electron chi connectivity index (χ4n) is 3.34. The first kappa shape index (κ1) is 21.5. The van der Waals surface area contributed by atoms with E-state index in [9.17, 15) is 9.59 Å². The van der Waals surface area contributed by atoms with Crippen LogP contribution in [0.15, 0.2) is 70.6 Å². The van der Waals surface area contributed by atoms with E-state index in [4.69, 9.17) is 9.47 Å². The minimum atomic E-state index is -0.306. The third-order valence-corrected chi connectivity index (χ3v) is 5.68. The number of aromatic nitrogens is 3. The molecule has 4 rings (SSSR count). The average molecular weight is 451 g/mol. The lowest BCUT2D eigenvalue weighted by Gasteiger charge is -2.08. The van der Waals surface area contributed by atoms with Crippen LogP contribution in [-0.2, 0) is 11.3 Å². The molecule has 2 aromatic heterocycles. The van der Waals surface area contributed by atoms with Gasteiger partial charge in [0.05, 0.1) is 19.9 Å². The highest BCUT2D eigenvalue weighted by Gasteiger charge is 2.13. The van der Waals surface area contributed by atoms with E-state index in [-0.39, 0.29) is 18.0 Å². The summed E-state index contributed by atoms with van der Waals surface area (Å²) in [5.74, 6) is 0.896. The van der Waals surface area contributed by atoms with Crippen molar-refractivity contribution in [1.82, 2.24) is 14.2 Å². The molecular weight excluding hydrogens is 428 g/mol. The zero-order chi connectivity index (χ0) is 22.7. The van der Waals surface area contributed by atoms with Gasteiger partial charge in [-0.15, -0.1) is 11.8 Å². The molecule has 9 heteroatoms. The molecule has 0 saturated heterocycles. The predicted octanol–water partition coefficient (Wildman–Crippen LogP) is 3.54. The van der Waals surface area contributed by atoms with Crippen LogP contribution < -0.4 is 20.3 Å². The van der Waals surface area contributed by atoms with E-state index in [0.717, 1.165) is 10.5 Å². The monoisotopic (exact) mass is 450 g/mol. The second-order valence-corrected chi connectivity index (χ2v) is 7.82. The van der Waals surface area contributed by atoms with E-state index in [1.54, 1.807) is 56.6 Å². The van der Waals surface area contributed by atoms with E-state index in [1.165, 1.54) is 9.08 Å². The lowest BCUT2D eigenvalue weighted by Crippen LogP contribution is -2.28. The number of hydrogen-bond donors (Lipinski definition) is 1. The minimum absolute atomic E-state index is 0.101. The number of nitrogens with zero attached hydrogens (tertiary/aromatic N) is 3. The fraction of sp³-hybridized carbons (Fsp3) is 0.174. The largest absolute Gasteiger partial charge is 0.493 e. The van der Waals surface area contributed by atoms with Gasteiger partial charge in [-0.2, -0.15) is 5.10 Å². The minimum Gasteiger partial charge on any atom is -0.493 e. The van der Waals surface area contributed by atoms with Crippen LogP contribution in [0.4, 0.5) is 5.69 Å². The molecule has 0 bridgehead atoms. The highest BCUT2D eigenvalue weighted by atomic mass is 32.2. The lowest BCUT2D eigenvalue weighted by molar-refractivity contribution is -0.116. The molecule has 1 amide bonds. The van der Waals surface area contributed by atoms with E-state index in [1.807, 2.05) is 36.6 Å². The van der Waals surface area contributed by atoms with Crippen LogP contribution in [0.5, 0.6) is 11.5 Å². The van der Waals surface area contributed by atoms with Crippen molar-refractivity contribution in [2.24, 2.45) is 0 Å². The van der Waals surface area contributed by atoms with Crippen LogP contribution in [0.1, 0.15) is 0 Å². The van der Waals surface area contributed by atoms with E-state index >= 15 is 0 Å². The first-order valence-corrected chi connectivity index (χ1v) is 11.0. The molecule has 0 aliphatic heterocycles. The molecule has 164 valence electrons. The highest BCUT2D eigenvalue weighted by Crippen LogP contribution is 2.31. The first-order valence-electron chi connectivity index (χ1n) is 9.77. The standard InChI is InChI=1S/C23H22N4O4S/c1-30-20-8-7-15(11-21(20)31-2)18-13-19-23(29)26(9-10-27(19)25-18)14-22(28)24-16-5-4-6-17(12-16)32-3/h4-13H,14H2,1-3H3,(H,24,28). The summed E-state index contributed by atoms with van der Waals surface area (Å²) in [6.45, 7) is -0.101. The molecule has 0 radical (unpaired) electrons. The van der Waals surface area contributed by atoms with Crippen LogP contribution in [0.2, 0.25) is 0 Å². The number of hydrogen-bond acceptors (Lipinski definition) is 6. The maximum Gasteiger partial charge on any atom is 0.277 e. The number of rotatable bonds is 7. The summed E-state index contributed by atoms with van der Waals surface area (Å²) < 4.78 is 13.5. The number of methoxy groups -OCH3 is 2. The molecular formula is C23H22N4O4S. The van der Waals surface area contributed by atoms with Gasteiger partial charge in [-0.25, -0.2) is 4.52 Å².